The molecule has 2 rings (SSSR count). The Balaban J connectivity index is 2.35. The highest BCUT2D eigenvalue weighted by molar-refractivity contribution is 7.03. The molecule has 0 radical (unpaired) electrons. The highest BCUT2D eigenvalue weighted by atomic mass is 32.1. The highest BCUT2D eigenvalue weighted by Crippen LogP contribution is 2.39. The van der Waals surface area contributed by atoms with Gasteiger partial charge < -0.3 is 5.11 Å². The molecule has 0 aromatic carbocycles. The Hall–Kier alpha value is -0.900. The molecule has 0 amide bonds. The molecule has 76 valence electrons. The maximum absolute atomic E-state index is 11.3. The molecule has 4 heteroatoms. The van der Waals surface area contributed by atoms with Crippen LogP contribution >= 0.6 is 11.5 Å². The fourth-order valence-electron chi connectivity index (χ4n) is 2.19. The summed E-state index contributed by atoms with van der Waals surface area (Å²) in [5, 5.41) is 11.2. The molecule has 0 spiro atoms. The van der Waals surface area contributed by atoms with Gasteiger partial charge in [-0.2, -0.15) is 4.37 Å². The van der Waals surface area contributed by atoms with Gasteiger partial charge in [-0.3, -0.25) is 4.79 Å². The van der Waals surface area contributed by atoms with Crippen LogP contribution in [0.2, 0.25) is 0 Å². The van der Waals surface area contributed by atoms with Crippen LogP contribution in [0.4, 0.5) is 0 Å². The number of aromatic nitrogens is 1. The van der Waals surface area contributed by atoms with Gasteiger partial charge in [0.15, 0.2) is 0 Å². The van der Waals surface area contributed by atoms with Gasteiger partial charge in [0.25, 0.3) is 0 Å². The summed E-state index contributed by atoms with van der Waals surface area (Å²) in [4.78, 5) is 11.3. The van der Waals surface area contributed by atoms with Crippen molar-refractivity contribution in [2.24, 2.45) is 0 Å². The minimum absolute atomic E-state index is 0.682. The lowest BCUT2D eigenvalue weighted by Gasteiger charge is -2.31. The van der Waals surface area contributed by atoms with Crippen LogP contribution in [-0.4, -0.2) is 15.4 Å². The standard InChI is InChI=1S/C10H13NO2S/c12-9(13)10(5-2-1-3-6-10)8-4-7-14-11-8/h4,7H,1-3,5-6H2,(H,12,13). The molecule has 0 aliphatic heterocycles. The third kappa shape index (κ3) is 1.43. The van der Waals surface area contributed by atoms with E-state index in [1.165, 1.54) is 11.5 Å². The first-order chi connectivity index (χ1) is 6.76. The molecule has 3 nitrogen and oxygen atoms in total. The van der Waals surface area contributed by atoms with E-state index in [1.54, 1.807) is 0 Å². The maximum atomic E-state index is 11.3. The van der Waals surface area contributed by atoms with Crippen LogP contribution in [0.25, 0.3) is 0 Å². The van der Waals surface area contributed by atoms with Crippen molar-refractivity contribution in [2.45, 2.75) is 37.5 Å². The minimum Gasteiger partial charge on any atom is -0.481 e. The maximum Gasteiger partial charge on any atom is 0.315 e. The number of carbonyl (C=O) groups is 1. The zero-order chi connectivity index (χ0) is 10.0. The monoisotopic (exact) mass is 211 g/mol. The Kier molecular flexibility index (Phi) is 2.54. The van der Waals surface area contributed by atoms with Gasteiger partial charge in [0, 0.05) is 5.38 Å². The fourth-order valence-corrected chi connectivity index (χ4v) is 2.79. The van der Waals surface area contributed by atoms with E-state index in [0.29, 0.717) is 0 Å². The van der Waals surface area contributed by atoms with Gasteiger partial charge >= 0.3 is 5.97 Å². The van der Waals surface area contributed by atoms with Crippen LogP contribution in [0.5, 0.6) is 0 Å². The van der Waals surface area contributed by atoms with E-state index in [4.69, 9.17) is 0 Å². The molecule has 14 heavy (non-hydrogen) atoms. The molecule has 0 atom stereocenters. The largest absolute Gasteiger partial charge is 0.481 e. The van der Waals surface area contributed by atoms with Crippen molar-refractivity contribution in [2.75, 3.05) is 0 Å². The van der Waals surface area contributed by atoms with Gasteiger partial charge in [0.05, 0.1) is 5.69 Å². The predicted molar refractivity (Wildman–Crippen MR) is 54.5 cm³/mol. The van der Waals surface area contributed by atoms with Crippen molar-refractivity contribution in [1.82, 2.24) is 4.37 Å². The van der Waals surface area contributed by atoms with Crippen LogP contribution in [0.15, 0.2) is 11.4 Å². The van der Waals surface area contributed by atoms with Crippen LogP contribution < -0.4 is 0 Å². The van der Waals surface area contributed by atoms with Gasteiger partial charge in [-0.25, -0.2) is 0 Å². The second-order valence-electron chi connectivity index (χ2n) is 3.83. The van der Waals surface area contributed by atoms with E-state index in [0.717, 1.165) is 37.8 Å². The summed E-state index contributed by atoms with van der Waals surface area (Å²) in [5.74, 6) is -0.705. The topological polar surface area (TPSA) is 50.2 Å². The number of rotatable bonds is 2. The molecule has 1 aliphatic rings. The van der Waals surface area contributed by atoms with Crippen molar-refractivity contribution >= 4 is 17.5 Å². The van der Waals surface area contributed by atoms with Gasteiger partial charge in [-0.15, -0.1) is 0 Å². The smallest absolute Gasteiger partial charge is 0.315 e. The molecular formula is C10H13NO2S. The van der Waals surface area contributed by atoms with Gasteiger partial charge in [-0.05, 0) is 30.4 Å². The summed E-state index contributed by atoms with van der Waals surface area (Å²) in [6.07, 6.45) is 4.64. The number of nitrogens with zero attached hydrogens (tertiary/aromatic N) is 1. The van der Waals surface area contributed by atoms with Crippen molar-refractivity contribution < 1.29 is 9.90 Å². The summed E-state index contributed by atoms with van der Waals surface area (Å²) < 4.78 is 4.19. The minimum atomic E-state index is -0.705. The first-order valence-electron chi connectivity index (χ1n) is 4.90. The summed E-state index contributed by atoms with van der Waals surface area (Å²) in [7, 11) is 0. The van der Waals surface area contributed by atoms with Crippen molar-refractivity contribution in [1.29, 1.82) is 0 Å². The quantitative estimate of drug-likeness (QED) is 0.817. The Morgan fingerprint density at radius 2 is 2.14 bits per heavy atom. The first kappa shape index (κ1) is 9.65. The SMILES string of the molecule is O=C(O)C1(c2ccsn2)CCCCC1. The van der Waals surface area contributed by atoms with Gasteiger partial charge in [0.1, 0.15) is 5.41 Å². The van der Waals surface area contributed by atoms with Crippen molar-refractivity contribution in [3.05, 3.63) is 17.1 Å². The van der Waals surface area contributed by atoms with Crippen molar-refractivity contribution in [3.8, 4) is 0 Å². The molecule has 0 saturated heterocycles. The molecule has 1 heterocycles. The number of hydrogen-bond donors (Lipinski definition) is 1. The summed E-state index contributed by atoms with van der Waals surface area (Å²) >= 11 is 1.34. The first-order valence-corrected chi connectivity index (χ1v) is 5.74. The van der Waals surface area contributed by atoms with E-state index in [1.807, 2.05) is 11.4 Å². The summed E-state index contributed by atoms with van der Waals surface area (Å²) in [6, 6.07) is 1.85. The lowest BCUT2D eigenvalue weighted by Crippen LogP contribution is -2.38. The number of carboxylic acids is 1. The van der Waals surface area contributed by atoms with Gasteiger partial charge in [-0.1, -0.05) is 19.3 Å². The highest BCUT2D eigenvalue weighted by Gasteiger charge is 2.42. The third-order valence-electron chi connectivity index (χ3n) is 3.04. The second kappa shape index (κ2) is 3.69. The van der Waals surface area contributed by atoms with Crippen LogP contribution in [0, 0.1) is 0 Å². The molecule has 1 saturated carbocycles. The second-order valence-corrected chi connectivity index (χ2v) is 4.50. The molecular weight excluding hydrogens is 198 g/mol. The third-order valence-corrected chi connectivity index (χ3v) is 3.60. The zero-order valence-corrected chi connectivity index (χ0v) is 8.72. The number of hydrogen-bond acceptors (Lipinski definition) is 3. The molecule has 0 unspecified atom stereocenters. The van der Waals surface area contributed by atoms with Gasteiger partial charge in [0.2, 0.25) is 0 Å². The molecule has 0 bridgehead atoms. The van der Waals surface area contributed by atoms with Crippen LogP contribution in [0.3, 0.4) is 0 Å². The average molecular weight is 211 g/mol. The van der Waals surface area contributed by atoms with E-state index in [9.17, 15) is 9.90 Å². The molecule has 1 aromatic heterocycles. The fraction of sp³-hybridized carbons (Fsp3) is 0.600. The van der Waals surface area contributed by atoms with E-state index in [2.05, 4.69) is 4.37 Å². The summed E-state index contributed by atoms with van der Waals surface area (Å²) in [6.45, 7) is 0. The van der Waals surface area contributed by atoms with E-state index < -0.39 is 11.4 Å². The predicted octanol–water partition coefficient (Wildman–Crippen LogP) is 2.43. The molecule has 1 aliphatic carbocycles. The molecule has 1 fully saturated rings. The Morgan fingerprint density at radius 1 is 1.43 bits per heavy atom. The van der Waals surface area contributed by atoms with Crippen molar-refractivity contribution in [3.63, 3.8) is 0 Å². The van der Waals surface area contributed by atoms with E-state index in [-0.39, 0.29) is 0 Å². The Labute approximate surface area is 86.9 Å². The molecule has 1 aromatic rings. The normalized spacial score (nSPS) is 20.6. The Morgan fingerprint density at radius 3 is 2.64 bits per heavy atom. The van der Waals surface area contributed by atoms with Crippen LogP contribution in [0.1, 0.15) is 37.8 Å². The lowest BCUT2D eigenvalue weighted by molar-refractivity contribution is -0.145. The Bertz CT molecular complexity index is 315. The lowest BCUT2D eigenvalue weighted by atomic mass is 9.72. The summed E-state index contributed by atoms with van der Waals surface area (Å²) in [5.41, 5.74) is 0.0767. The zero-order valence-electron chi connectivity index (χ0n) is 7.90. The molecule has 1 N–H and O–H groups in total. The number of aliphatic carboxylic acids is 1. The average Bonchev–Trinajstić information content (AvgIpc) is 2.72. The van der Waals surface area contributed by atoms with Crippen LogP contribution in [-0.2, 0) is 10.2 Å². The van der Waals surface area contributed by atoms with E-state index >= 15 is 0 Å². The number of carboxylic acid groups (broad SMARTS) is 1.